The van der Waals surface area contributed by atoms with Crippen molar-refractivity contribution in [1.82, 2.24) is 15.1 Å². The average Bonchev–Trinajstić information content (AvgIpc) is 3.10. The first-order valence-corrected chi connectivity index (χ1v) is 10.7. The number of hydrogen-bond donors (Lipinski definition) is 3. The lowest BCUT2D eigenvalue weighted by atomic mass is 10.2. The van der Waals surface area contributed by atoms with Gasteiger partial charge in [0, 0.05) is 6.20 Å². The van der Waals surface area contributed by atoms with E-state index in [1.54, 1.807) is 74.6 Å². The van der Waals surface area contributed by atoms with Crippen molar-refractivity contribution in [1.29, 1.82) is 0 Å². The Kier molecular flexibility index (Phi) is 12.0. The van der Waals surface area contributed by atoms with Crippen molar-refractivity contribution in [3.05, 3.63) is 18.0 Å². The van der Waals surface area contributed by atoms with Crippen LogP contribution in [0.3, 0.4) is 0 Å². The van der Waals surface area contributed by atoms with E-state index in [0.717, 1.165) is 0 Å². The molecule has 0 aliphatic carbocycles. The summed E-state index contributed by atoms with van der Waals surface area (Å²) in [6.07, 6.45) is -1.14. The summed E-state index contributed by atoms with van der Waals surface area (Å²) >= 11 is 0. The maximum Gasteiger partial charge on any atom is 0.519 e. The van der Waals surface area contributed by atoms with Gasteiger partial charge in [-0.05, 0) is 68.4 Å². The monoisotopic (exact) mass is 489 g/mol. The molecule has 0 unspecified atom stereocenters. The van der Waals surface area contributed by atoms with Crippen molar-refractivity contribution in [2.24, 2.45) is 0 Å². The summed E-state index contributed by atoms with van der Waals surface area (Å²) in [5, 5.41) is 25.0. The number of aliphatic hydroxyl groups excluding tert-OH is 2. The van der Waals surface area contributed by atoms with E-state index in [1.807, 2.05) is 0 Å². The number of H-pyrrole nitrogens is 1. The van der Waals surface area contributed by atoms with Gasteiger partial charge in [-0.1, -0.05) is 0 Å². The molecule has 1 rings (SSSR count). The third kappa shape index (κ3) is 15.1. The predicted molar refractivity (Wildman–Crippen MR) is 122 cm³/mol. The molecule has 1 aromatic heterocycles. The molecule has 0 spiro atoms. The van der Waals surface area contributed by atoms with Gasteiger partial charge in [0.15, 0.2) is 0 Å². The van der Waals surface area contributed by atoms with Crippen LogP contribution in [0.1, 0.15) is 68.0 Å². The Morgan fingerprint density at radius 3 is 1.65 bits per heavy atom. The zero-order chi connectivity index (χ0) is 26.7. The molecule has 0 fully saturated rings. The second-order valence-electron chi connectivity index (χ2n) is 10.2. The zero-order valence-electron chi connectivity index (χ0n) is 21.5. The highest BCUT2D eigenvalue weighted by atomic mass is 16.8. The molecule has 1 amide bonds. The molecule has 196 valence electrons. The standard InChI is InChI=1S/C12H21N3O4.C10H18O5/c1-12(2,3)19-11(18)15(10(7-16)8-17)6-9-4-5-13-14-9;1-9(2,3)14-7(11)13-8(12)15-10(4,5)6/h4-5,10,16-17H,6-8H2,1-3H3,(H,13,14);1-6H3. The topological polar surface area (TPSA) is 161 Å². The van der Waals surface area contributed by atoms with Crippen molar-refractivity contribution < 1.29 is 43.5 Å². The minimum atomic E-state index is -1.06. The molecule has 0 aromatic carbocycles. The van der Waals surface area contributed by atoms with Gasteiger partial charge >= 0.3 is 18.4 Å². The van der Waals surface area contributed by atoms with Crippen LogP contribution in [0.4, 0.5) is 14.4 Å². The summed E-state index contributed by atoms with van der Waals surface area (Å²) < 4.78 is 19.1. The van der Waals surface area contributed by atoms with E-state index in [-0.39, 0.29) is 19.8 Å². The highest BCUT2D eigenvalue weighted by Gasteiger charge is 2.28. The zero-order valence-corrected chi connectivity index (χ0v) is 21.5. The summed E-state index contributed by atoms with van der Waals surface area (Å²) in [6.45, 7) is 14.8. The molecular weight excluding hydrogens is 450 g/mol. The highest BCUT2D eigenvalue weighted by Crippen LogP contribution is 2.14. The van der Waals surface area contributed by atoms with E-state index in [1.165, 1.54) is 4.90 Å². The summed E-state index contributed by atoms with van der Waals surface area (Å²) in [7, 11) is 0. The van der Waals surface area contributed by atoms with Crippen LogP contribution in [-0.2, 0) is 25.5 Å². The van der Waals surface area contributed by atoms with E-state index < -0.39 is 41.2 Å². The number of amides is 1. The number of aromatic amines is 1. The first-order chi connectivity index (χ1) is 15.4. The predicted octanol–water partition coefficient (Wildman–Crippen LogP) is 3.37. The summed E-state index contributed by atoms with van der Waals surface area (Å²) in [4.78, 5) is 35.4. The Labute approximate surface area is 200 Å². The lowest BCUT2D eigenvalue weighted by molar-refractivity contribution is -0.0294. The van der Waals surface area contributed by atoms with Gasteiger partial charge in [0.05, 0.1) is 31.5 Å². The highest BCUT2D eigenvalue weighted by molar-refractivity contribution is 5.77. The lowest BCUT2D eigenvalue weighted by Crippen LogP contribution is -2.46. The van der Waals surface area contributed by atoms with E-state index in [0.29, 0.717) is 5.69 Å². The number of rotatable bonds is 5. The third-order valence-corrected chi connectivity index (χ3v) is 3.34. The van der Waals surface area contributed by atoms with Crippen molar-refractivity contribution >= 4 is 18.4 Å². The van der Waals surface area contributed by atoms with E-state index in [9.17, 15) is 24.6 Å². The van der Waals surface area contributed by atoms with E-state index >= 15 is 0 Å². The van der Waals surface area contributed by atoms with E-state index in [2.05, 4.69) is 14.9 Å². The number of nitrogens with one attached hydrogen (secondary N) is 1. The Morgan fingerprint density at radius 2 is 1.32 bits per heavy atom. The third-order valence-electron chi connectivity index (χ3n) is 3.34. The first-order valence-electron chi connectivity index (χ1n) is 10.7. The maximum absolute atomic E-state index is 12.1. The smallest absolute Gasteiger partial charge is 0.444 e. The van der Waals surface area contributed by atoms with Gasteiger partial charge < -0.3 is 29.2 Å². The molecule has 3 N–H and O–H groups in total. The van der Waals surface area contributed by atoms with Crippen LogP contribution in [0, 0.1) is 0 Å². The van der Waals surface area contributed by atoms with Gasteiger partial charge in [-0.15, -0.1) is 0 Å². The van der Waals surface area contributed by atoms with Crippen molar-refractivity contribution in [3.63, 3.8) is 0 Å². The number of ether oxygens (including phenoxy) is 4. The van der Waals surface area contributed by atoms with Crippen LogP contribution in [0.2, 0.25) is 0 Å². The van der Waals surface area contributed by atoms with Gasteiger partial charge in [-0.3, -0.25) is 10.00 Å². The normalized spacial score (nSPS) is 11.8. The molecule has 0 radical (unpaired) electrons. The Balaban J connectivity index is 0.000000661. The number of aromatic nitrogens is 2. The summed E-state index contributed by atoms with van der Waals surface area (Å²) in [6, 6.07) is 1.00. The largest absolute Gasteiger partial charge is 0.519 e. The van der Waals surface area contributed by atoms with Gasteiger partial charge in [0.25, 0.3) is 0 Å². The van der Waals surface area contributed by atoms with Crippen LogP contribution in [0.5, 0.6) is 0 Å². The quantitative estimate of drug-likeness (QED) is 0.318. The van der Waals surface area contributed by atoms with E-state index in [4.69, 9.17) is 14.2 Å². The van der Waals surface area contributed by atoms with Crippen LogP contribution in [-0.4, -0.2) is 79.8 Å². The molecule has 12 heteroatoms. The van der Waals surface area contributed by atoms with Crippen LogP contribution in [0.25, 0.3) is 0 Å². The van der Waals surface area contributed by atoms with Gasteiger partial charge in [0.1, 0.15) is 16.8 Å². The summed E-state index contributed by atoms with van der Waals surface area (Å²) in [5.41, 5.74) is -1.34. The van der Waals surface area contributed by atoms with Crippen LogP contribution < -0.4 is 0 Å². The molecule has 0 saturated heterocycles. The molecular formula is C22H39N3O9. The van der Waals surface area contributed by atoms with Crippen molar-refractivity contribution in [2.45, 2.75) is 91.7 Å². The fourth-order valence-corrected chi connectivity index (χ4v) is 2.08. The maximum atomic E-state index is 12.1. The van der Waals surface area contributed by atoms with Gasteiger partial charge in [-0.2, -0.15) is 5.10 Å². The molecule has 12 nitrogen and oxygen atoms in total. The minimum Gasteiger partial charge on any atom is -0.444 e. The van der Waals surface area contributed by atoms with Crippen LogP contribution in [0.15, 0.2) is 12.3 Å². The fourth-order valence-electron chi connectivity index (χ4n) is 2.08. The summed E-state index contributed by atoms with van der Waals surface area (Å²) in [5.74, 6) is 0. The molecule has 0 bridgehead atoms. The molecule has 0 aliphatic heterocycles. The Hall–Kier alpha value is -2.86. The number of aliphatic hydroxyl groups is 2. The average molecular weight is 490 g/mol. The Bertz CT molecular complexity index is 730. The molecule has 1 aromatic rings. The molecule has 0 saturated carbocycles. The lowest BCUT2D eigenvalue weighted by Gasteiger charge is -2.31. The van der Waals surface area contributed by atoms with Gasteiger partial charge in [-0.25, -0.2) is 14.4 Å². The molecule has 1 heterocycles. The van der Waals surface area contributed by atoms with Gasteiger partial charge in [0.2, 0.25) is 0 Å². The van der Waals surface area contributed by atoms with Crippen molar-refractivity contribution in [2.75, 3.05) is 13.2 Å². The molecule has 34 heavy (non-hydrogen) atoms. The first kappa shape index (κ1) is 31.1. The van der Waals surface area contributed by atoms with Crippen LogP contribution >= 0.6 is 0 Å². The number of carbonyl (C=O) groups is 3. The molecule has 0 atom stereocenters. The number of nitrogens with zero attached hydrogens (tertiary/aromatic N) is 2. The Morgan fingerprint density at radius 1 is 0.882 bits per heavy atom. The van der Waals surface area contributed by atoms with Crippen molar-refractivity contribution in [3.8, 4) is 0 Å². The number of carbonyl (C=O) groups excluding carboxylic acids is 3. The second-order valence-corrected chi connectivity index (χ2v) is 10.2. The minimum absolute atomic E-state index is 0.181. The number of hydrogen-bond acceptors (Lipinski definition) is 10. The SMILES string of the molecule is CC(C)(C)OC(=O)N(Cc1ccn[nH]1)C(CO)CO.CC(C)(C)OC(=O)OC(=O)OC(C)(C)C. The molecule has 0 aliphatic rings. The second kappa shape index (κ2) is 13.1. The fraction of sp³-hybridized carbons (Fsp3) is 0.727.